The summed E-state index contributed by atoms with van der Waals surface area (Å²) in [6.07, 6.45) is 1.29. The molecule has 29 heavy (non-hydrogen) atoms. The van der Waals surface area contributed by atoms with Crippen LogP contribution in [0.25, 0.3) is 22.4 Å². The van der Waals surface area contributed by atoms with Crippen molar-refractivity contribution in [2.45, 2.75) is 11.3 Å². The van der Waals surface area contributed by atoms with Gasteiger partial charge in [-0.3, -0.25) is 4.79 Å². The molecule has 0 aliphatic rings. The van der Waals surface area contributed by atoms with Crippen LogP contribution in [-0.4, -0.2) is 30.5 Å². The van der Waals surface area contributed by atoms with Crippen LogP contribution in [0.4, 0.5) is 5.69 Å². The Morgan fingerprint density at radius 3 is 2.38 bits per heavy atom. The van der Waals surface area contributed by atoms with E-state index in [0.29, 0.717) is 11.5 Å². The van der Waals surface area contributed by atoms with Crippen molar-refractivity contribution >= 4 is 32.5 Å². The van der Waals surface area contributed by atoms with E-state index in [0.717, 1.165) is 28.4 Å². The molecule has 0 spiro atoms. The van der Waals surface area contributed by atoms with E-state index >= 15 is 0 Å². The number of carbonyl (C=O) groups is 1. The molecular weight excluding hydrogens is 386 g/mol. The topological polar surface area (TPSA) is 91.9 Å². The molecule has 6 nitrogen and oxygen atoms in total. The third kappa shape index (κ3) is 4.20. The van der Waals surface area contributed by atoms with Crippen LogP contribution in [-0.2, 0) is 21.1 Å². The van der Waals surface area contributed by atoms with Crippen LogP contribution in [0.3, 0.4) is 0 Å². The number of sulfone groups is 1. The number of fused-ring (bicyclic) bond motifs is 1. The van der Waals surface area contributed by atoms with Crippen LogP contribution >= 0.6 is 0 Å². The van der Waals surface area contributed by atoms with E-state index in [1.165, 1.54) is 12.1 Å². The maximum absolute atomic E-state index is 12.6. The van der Waals surface area contributed by atoms with Crippen molar-refractivity contribution in [3.05, 3.63) is 78.4 Å². The molecule has 0 saturated heterocycles. The summed E-state index contributed by atoms with van der Waals surface area (Å²) in [5.41, 5.74) is 3.97. The molecule has 4 aromatic rings. The molecule has 7 heteroatoms. The average Bonchev–Trinajstić information content (AvgIpc) is 3.12. The number of para-hydroxylation sites is 3. The quantitative estimate of drug-likeness (QED) is 0.528. The number of benzene rings is 3. The second-order valence-electron chi connectivity index (χ2n) is 6.79. The van der Waals surface area contributed by atoms with Crippen molar-refractivity contribution in [1.82, 2.24) is 9.97 Å². The molecule has 0 bridgehead atoms. The molecule has 0 fully saturated rings. The Hall–Kier alpha value is -3.45. The van der Waals surface area contributed by atoms with Crippen LogP contribution in [0.1, 0.15) is 5.56 Å². The lowest BCUT2D eigenvalue weighted by atomic mass is 10.1. The SMILES string of the molecule is CS(=O)(=O)c1ccc(CC(=O)Nc2ccccc2-c2nc3ccccc3[nH]2)cc1. The molecule has 0 radical (unpaired) electrons. The Morgan fingerprint density at radius 1 is 0.966 bits per heavy atom. The molecule has 0 saturated carbocycles. The summed E-state index contributed by atoms with van der Waals surface area (Å²) in [5, 5.41) is 2.93. The Morgan fingerprint density at radius 2 is 1.66 bits per heavy atom. The summed E-state index contributed by atoms with van der Waals surface area (Å²) >= 11 is 0. The van der Waals surface area contributed by atoms with Gasteiger partial charge >= 0.3 is 0 Å². The Bertz CT molecular complexity index is 1260. The van der Waals surface area contributed by atoms with Gasteiger partial charge in [-0.05, 0) is 42.0 Å². The lowest BCUT2D eigenvalue weighted by molar-refractivity contribution is -0.115. The van der Waals surface area contributed by atoms with Crippen LogP contribution in [0.2, 0.25) is 0 Å². The van der Waals surface area contributed by atoms with E-state index in [4.69, 9.17) is 0 Å². The molecule has 1 aromatic heterocycles. The van der Waals surface area contributed by atoms with Gasteiger partial charge in [-0.15, -0.1) is 0 Å². The number of anilines is 1. The Kier molecular flexibility index (Phi) is 4.90. The van der Waals surface area contributed by atoms with Gasteiger partial charge in [0.2, 0.25) is 5.91 Å². The molecule has 0 aliphatic heterocycles. The molecule has 4 rings (SSSR count). The van der Waals surface area contributed by atoms with E-state index in [1.807, 2.05) is 48.5 Å². The van der Waals surface area contributed by atoms with E-state index < -0.39 is 9.84 Å². The standard InChI is InChI=1S/C22H19N3O3S/c1-29(27,28)16-12-10-15(11-13-16)14-21(26)23-18-7-3-2-6-17(18)22-24-19-8-4-5-9-20(19)25-22/h2-13H,14H2,1H3,(H,23,26)(H,24,25). The summed E-state index contributed by atoms with van der Waals surface area (Å²) in [7, 11) is -3.26. The van der Waals surface area contributed by atoms with Crippen molar-refractivity contribution in [2.24, 2.45) is 0 Å². The largest absolute Gasteiger partial charge is 0.338 e. The minimum atomic E-state index is -3.26. The highest BCUT2D eigenvalue weighted by molar-refractivity contribution is 7.90. The number of H-pyrrole nitrogens is 1. The molecular formula is C22H19N3O3S. The third-order valence-electron chi connectivity index (χ3n) is 4.56. The highest BCUT2D eigenvalue weighted by Crippen LogP contribution is 2.27. The fourth-order valence-corrected chi connectivity index (χ4v) is 3.74. The van der Waals surface area contributed by atoms with Crippen LogP contribution in [0.15, 0.2) is 77.7 Å². The molecule has 0 unspecified atom stereocenters. The zero-order chi connectivity index (χ0) is 20.4. The van der Waals surface area contributed by atoms with Crippen molar-refractivity contribution in [2.75, 3.05) is 11.6 Å². The number of aromatic amines is 1. The zero-order valence-electron chi connectivity index (χ0n) is 15.7. The number of amides is 1. The van der Waals surface area contributed by atoms with Gasteiger partial charge in [0.25, 0.3) is 0 Å². The number of imidazole rings is 1. The number of nitrogens with one attached hydrogen (secondary N) is 2. The number of rotatable bonds is 5. The van der Waals surface area contributed by atoms with Crippen LogP contribution < -0.4 is 5.32 Å². The smallest absolute Gasteiger partial charge is 0.228 e. The lowest BCUT2D eigenvalue weighted by Crippen LogP contribution is -2.15. The lowest BCUT2D eigenvalue weighted by Gasteiger charge is -2.10. The van der Waals surface area contributed by atoms with Crippen molar-refractivity contribution in [1.29, 1.82) is 0 Å². The number of nitrogens with zero attached hydrogens (tertiary/aromatic N) is 1. The summed E-state index contributed by atoms with van der Waals surface area (Å²) in [5.74, 6) is 0.486. The first-order chi connectivity index (χ1) is 13.9. The maximum Gasteiger partial charge on any atom is 0.228 e. The first-order valence-electron chi connectivity index (χ1n) is 9.03. The predicted octanol–water partition coefficient (Wildman–Crippen LogP) is 3.81. The van der Waals surface area contributed by atoms with Crippen LogP contribution in [0.5, 0.6) is 0 Å². The minimum absolute atomic E-state index is 0.137. The first kappa shape index (κ1) is 18.9. The minimum Gasteiger partial charge on any atom is -0.338 e. The molecule has 146 valence electrons. The number of aromatic nitrogens is 2. The average molecular weight is 405 g/mol. The Labute approximate surface area is 168 Å². The number of hydrogen-bond donors (Lipinski definition) is 2. The maximum atomic E-state index is 12.6. The van der Waals surface area contributed by atoms with Gasteiger partial charge in [0, 0.05) is 11.8 Å². The van der Waals surface area contributed by atoms with E-state index in [9.17, 15) is 13.2 Å². The van der Waals surface area contributed by atoms with E-state index in [2.05, 4.69) is 15.3 Å². The summed E-state index contributed by atoms with van der Waals surface area (Å²) < 4.78 is 23.1. The van der Waals surface area contributed by atoms with Gasteiger partial charge in [0.05, 0.1) is 28.0 Å². The van der Waals surface area contributed by atoms with E-state index in [1.54, 1.807) is 12.1 Å². The van der Waals surface area contributed by atoms with Gasteiger partial charge in [0.15, 0.2) is 9.84 Å². The van der Waals surface area contributed by atoms with E-state index in [-0.39, 0.29) is 17.2 Å². The van der Waals surface area contributed by atoms with Crippen molar-refractivity contribution < 1.29 is 13.2 Å². The molecule has 2 N–H and O–H groups in total. The first-order valence-corrected chi connectivity index (χ1v) is 10.9. The molecule has 3 aromatic carbocycles. The summed E-state index contributed by atoms with van der Waals surface area (Å²) in [6, 6.07) is 21.5. The van der Waals surface area contributed by atoms with Gasteiger partial charge in [-0.2, -0.15) is 0 Å². The Balaban J connectivity index is 1.54. The normalized spacial score (nSPS) is 11.5. The molecule has 0 aliphatic carbocycles. The fourth-order valence-electron chi connectivity index (χ4n) is 3.11. The van der Waals surface area contributed by atoms with Gasteiger partial charge in [-0.25, -0.2) is 13.4 Å². The second-order valence-corrected chi connectivity index (χ2v) is 8.80. The third-order valence-corrected chi connectivity index (χ3v) is 5.69. The molecule has 1 amide bonds. The van der Waals surface area contributed by atoms with Crippen molar-refractivity contribution in [3.63, 3.8) is 0 Å². The van der Waals surface area contributed by atoms with Crippen molar-refractivity contribution in [3.8, 4) is 11.4 Å². The molecule has 0 atom stereocenters. The number of hydrogen-bond acceptors (Lipinski definition) is 4. The highest BCUT2D eigenvalue weighted by atomic mass is 32.2. The summed E-state index contributed by atoms with van der Waals surface area (Å²) in [6.45, 7) is 0. The second kappa shape index (κ2) is 7.52. The number of carbonyl (C=O) groups excluding carboxylic acids is 1. The monoisotopic (exact) mass is 405 g/mol. The van der Waals surface area contributed by atoms with Gasteiger partial charge < -0.3 is 10.3 Å². The zero-order valence-corrected chi connectivity index (χ0v) is 16.5. The predicted molar refractivity (Wildman–Crippen MR) is 113 cm³/mol. The van der Waals surface area contributed by atoms with Gasteiger partial charge in [0.1, 0.15) is 5.82 Å². The highest BCUT2D eigenvalue weighted by Gasteiger charge is 2.13. The van der Waals surface area contributed by atoms with Crippen LogP contribution in [0, 0.1) is 0 Å². The molecule has 1 heterocycles. The summed E-state index contributed by atoms with van der Waals surface area (Å²) in [4.78, 5) is 20.7. The fraction of sp³-hybridized carbons (Fsp3) is 0.0909. The van der Waals surface area contributed by atoms with Gasteiger partial charge in [-0.1, -0.05) is 36.4 Å².